The summed E-state index contributed by atoms with van der Waals surface area (Å²) in [6.45, 7) is 4.55. The summed E-state index contributed by atoms with van der Waals surface area (Å²) in [5.41, 5.74) is 2.66. The summed E-state index contributed by atoms with van der Waals surface area (Å²) in [5, 5.41) is 11.0. The molecule has 1 N–H and O–H groups in total. The minimum Gasteiger partial charge on any atom is -0.494 e. The maximum Gasteiger partial charge on any atom is 0.284 e. The highest BCUT2D eigenvalue weighted by Gasteiger charge is 2.14. The van der Waals surface area contributed by atoms with Gasteiger partial charge in [0.1, 0.15) is 5.75 Å². The molecule has 21 heavy (non-hydrogen) atoms. The summed E-state index contributed by atoms with van der Waals surface area (Å²) in [4.78, 5) is 0.248. The van der Waals surface area contributed by atoms with Crippen LogP contribution in [0.4, 0.5) is 0 Å². The number of aromatic nitrogens is 4. The third-order valence-electron chi connectivity index (χ3n) is 3.07. The summed E-state index contributed by atoms with van der Waals surface area (Å²) in [6.07, 6.45) is 1.71. The average Bonchev–Trinajstić information content (AvgIpc) is 3.06. The maximum atomic E-state index is 5.43. The zero-order valence-electron chi connectivity index (χ0n) is 11.7. The number of benzene rings is 1. The Labute approximate surface area is 126 Å². The summed E-state index contributed by atoms with van der Waals surface area (Å²) >= 11 is 4.89. The molecule has 0 atom stereocenters. The van der Waals surface area contributed by atoms with E-state index in [2.05, 4.69) is 15.3 Å². The fourth-order valence-electron chi connectivity index (χ4n) is 2.08. The summed E-state index contributed by atoms with van der Waals surface area (Å²) < 4.78 is 12.6. The van der Waals surface area contributed by atoms with Crippen molar-refractivity contribution in [2.24, 2.45) is 0 Å². The number of aromatic amines is 1. The molecule has 108 valence electrons. The molecule has 0 bridgehead atoms. The Kier molecular flexibility index (Phi) is 3.57. The van der Waals surface area contributed by atoms with Gasteiger partial charge in [-0.3, -0.25) is 0 Å². The van der Waals surface area contributed by atoms with Crippen molar-refractivity contribution < 1.29 is 9.15 Å². The largest absolute Gasteiger partial charge is 0.494 e. The Bertz CT molecular complexity index is 801. The highest BCUT2D eigenvalue weighted by molar-refractivity contribution is 7.71. The first kappa shape index (κ1) is 13.6. The van der Waals surface area contributed by atoms with Crippen molar-refractivity contribution in [1.82, 2.24) is 20.0 Å². The monoisotopic (exact) mass is 302 g/mol. The van der Waals surface area contributed by atoms with Crippen LogP contribution in [-0.2, 0) is 0 Å². The van der Waals surface area contributed by atoms with Gasteiger partial charge in [-0.2, -0.15) is 5.10 Å². The van der Waals surface area contributed by atoms with Crippen molar-refractivity contribution in [3.8, 4) is 22.9 Å². The number of hydrogen-bond donors (Lipinski definition) is 1. The lowest BCUT2D eigenvalue weighted by Crippen LogP contribution is -1.99. The van der Waals surface area contributed by atoms with Crippen molar-refractivity contribution in [2.45, 2.75) is 13.8 Å². The molecule has 6 nitrogen and oxygen atoms in total. The molecule has 0 radical (unpaired) electrons. The Morgan fingerprint density at radius 3 is 2.71 bits per heavy atom. The van der Waals surface area contributed by atoms with Crippen LogP contribution in [0.25, 0.3) is 17.1 Å². The third-order valence-corrected chi connectivity index (χ3v) is 3.25. The molecule has 3 aromatic rings. The van der Waals surface area contributed by atoms with Crippen LogP contribution in [0.2, 0.25) is 0 Å². The molecule has 3 rings (SSSR count). The first-order valence-corrected chi connectivity index (χ1v) is 6.93. The van der Waals surface area contributed by atoms with Gasteiger partial charge in [-0.05, 0) is 50.3 Å². The highest BCUT2D eigenvalue weighted by Crippen LogP contribution is 2.24. The summed E-state index contributed by atoms with van der Waals surface area (Å²) in [7, 11) is 0. The van der Waals surface area contributed by atoms with Gasteiger partial charge in [0.2, 0.25) is 5.89 Å². The molecule has 2 heterocycles. The van der Waals surface area contributed by atoms with Crippen LogP contribution in [0.3, 0.4) is 0 Å². The van der Waals surface area contributed by atoms with Gasteiger partial charge in [0.15, 0.2) is 0 Å². The Morgan fingerprint density at radius 1 is 1.33 bits per heavy atom. The van der Waals surface area contributed by atoms with E-state index in [9.17, 15) is 0 Å². The topological polar surface area (TPSA) is 68.9 Å². The number of nitrogens with one attached hydrogen (secondary N) is 1. The summed E-state index contributed by atoms with van der Waals surface area (Å²) in [5.74, 6) is 1.28. The molecule has 0 unspecified atom stereocenters. The molecule has 2 aromatic heterocycles. The Balaban J connectivity index is 1.96. The molecular weight excluding hydrogens is 288 g/mol. The molecule has 0 aliphatic carbocycles. The molecule has 0 aliphatic rings. The molecule has 0 amide bonds. The minimum absolute atomic E-state index is 0.248. The quantitative estimate of drug-likeness (QED) is 0.749. The number of rotatable bonds is 4. The third kappa shape index (κ3) is 2.59. The lowest BCUT2D eigenvalue weighted by atomic mass is 10.2. The van der Waals surface area contributed by atoms with Gasteiger partial charge in [0, 0.05) is 0 Å². The molecule has 7 heteroatoms. The lowest BCUT2D eigenvalue weighted by Gasteiger charge is -2.07. The van der Waals surface area contributed by atoms with E-state index in [4.69, 9.17) is 21.4 Å². The minimum atomic E-state index is 0.248. The van der Waals surface area contributed by atoms with Crippen LogP contribution in [0, 0.1) is 11.8 Å². The van der Waals surface area contributed by atoms with Crippen LogP contribution in [0.5, 0.6) is 5.75 Å². The first-order valence-electron chi connectivity index (χ1n) is 6.52. The predicted octanol–water partition coefficient (Wildman–Crippen LogP) is 3.29. The smallest absolute Gasteiger partial charge is 0.284 e. The molecule has 0 fully saturated rings. The second-order valence-electron chi connectivity index (χ2n) is 4.40. The lowest BCUT2D eigenvalue weighted by molar-refractivity contribution is 0.340. The molecule has 0 spiro atoms. The molecule has 1 aromatic carbocycles. The number of ether oxygens (including phenoxy) is 1. The van der Waals surface area contributed by atoms with Crippen LogP contribution < -0.4 is 4.74 Å². The fraction of sp³-hybridized carbons (Fsp3) is 0.214. The van der Waals surface area contributed by atoms with Gasteiger partial charge >= 0.3 is 0 Å². The van der Waals surface area contributed by atoms with Crippen molar-refractivity contribution in [1.29, 1.82) is 0 Å². The van der Waals surface area contributed by atoms with Gasteiger partial charge in [0.25, 0.3) is 4.84 Å². The average molecular weight is 302 g/mol. The predicted molar refractivity (Wildman–Crippen MR) is 80.2 cm³/mol. The van der Waals surface area contributed by atoms with Crippen LogP contribution in [0.15, 0.2) is 34.9 Å². The van der Waals surface area contributed by atoms with Crippen LogP contribution in [-0.4, -0.2) is 26.6 Å². The number of nitrogens with zero attached hydrogens (tertiary/aromatic N) is 3. The van der Waals surface area contributed by atoms with Crippen LogP contribution >= 0.6 is 12.2 Å². The van der Waals surface area contributed by atoms with E-state index in [1.54, 1.807) is 6.20 Å². The second kappa shape index (κ2) is 5.53. The molecule has 0 saturated carbocycles. The van der Waals surface area contributed by atoms with Gasteiger partial charge < -0.3 is 9.15 Å². The zero-order valence-corrected chi connectivity index (χ0v) is 12.5. The van der Waals surface area contributed by atoms with Crippen molar-refractivity contribution >= 4 is 12.2 Å². The van der Waals surface area contributed by atoms with Crippen molar-refractivity contribution in [3.05, 3.63) is 41.0 Å². The van der Waals surface area contributed by atoms with Gasteiger partial charge in [0.05, 0.1) is 29.7 Å². The van der Waals surface area contributed by atoms with Gasteiger partial charge in [-0.1, -0.05) is 0 Å². The Hall–Kier alpha value is -2.41. The van der Waals surface area contributed by atoms with E-state index in [0.29, 0.717) is 12.5 Å². The number of H-pyrrole nitrogens is 1. The van der Waals surface area contributed by atoms with Gasteiger partial charge in [-0.25, -0.2) is 9.78 Å². The summed E-state index contributed by atoms with van der Waals surface area (Å²) in [6, 6.07) is 7.74. The molecule has 0 aliphatic heterocycles. The van der Waals surface area contributed by atoms with Gasteiger partial charge in [-0.15, -0.1) is 5.10 Å². The van der Waals surface area contributed by atoms with E-state index in [1.165, 1.54) is 0 Å². The van der Waals surface area contributed by atoms with E-state index in [-0.39, 0.29) is 4.84 Å². The Morgan fingerprint density at radius 2 is 2.10 bits per heavy atom. The standard InChI is InChI=1S/C14H14N4O2S/c1-3-19-11-6-4-10(5-7-11)18-9(2)12(8-15-18)13-16-17-14(21)20-13/h4-8H,3H2,1-2H3,(H,17,21). The van der Waals surface area contributed by atoms with E-state index < -0.39 is 0 Å². The van der Waals surface area contributed by atoms with E-state index in [1.807, 2.05) is 42.8 Å². The van der Waals surface area contributed by atoms with Crippen molar-refractivity contribution in [3.63, 3.8) is 0 Å². The molecular formula is C14H14N4O2S. The highest BCUT2D eigenvalue weighted by atomic mass is 32.1. The first-order chi connectivity index (χ1) is 10.2. The van der Waals surface area contributed by atoms with Crippen molar-refractivity contribution in [2.75, 3.05) is 6.61 Å². The fourth-order valence-corrected chi connectivity index (χ4v) is 2.20. The second-order valence-corrected chi connectivity index (χ2v) is 4.77. The maximum absolute atomic E-state index is 5.43. The van der Waals surface area contributed by atoms with E-state index in [0.717, 1.165) is 22.7 Å². The normalized spacial score (nSPS) is 10.8. The zero-order chi connectivity index (χ0) is 14.8. The SMILES string of the molecule is CCOc1ccc(-n2ncc(-c3n[nH]c(=S)o3)c2C)cc1. The van der Waals surface area contributed by atoms with E-state index >= 15 is 0 Å². The van der Waals surface area contributed by atoms with Crippen LogP contribution in [0.1, 0.15) is 12.6 Å². The molecule has 0 saturated heterocycles. The number of hydrogen-bond acceptors (Lipinski definition) is 5.